The van der Waals surface area contributed by atoms with Gasteiger partial charge in [-0.3, -0.25) is 4.99 Å². The van der Waals surface area contributed by atoms with E-state index in [2.05, 4.69) is 10.3 Å². The van der Waals surface area contributed by atoms with E-state index in [1.54, 1.807) is 0 Å². The summed E-state index contributed by atoms with van der Waals surface area (Å²) in [5.74, 6) is 0. The van der Waals surface area contributed by atoms with Crippen molar-refractivity contribution < 1.29 is 19.0 Å². The quantitative estimate of drug-likeness (QED) is 0.689. The zero-order chi connectivity index (χ0) is 12.6. The first-order valence-electron chi connectivity index (χ1n) is 5.32. The molecule has 2 heterocycles. The van der Waals surface area contributed by atoms with E-state index < -0.39 is 29.9 Å². The van der Waals surface area contributed by atoms with Crippen LogP contribution in [0, 0.1) is 0 Å². The molecule has 0 spiro atoms. The van der Waals surface area contributed by atoms with Crippen molar-refractivity contribution in [1.82, 2.24) is 5.32 Å². The molecule has 8 heteroatoms. The molecule has 3 N–H and O–H groups in total. The Morgan fingerprint density at radius 2 is 2.12 bits per heavy atom. The molecule has 0 aliphatic carbocycles. The van der Waals surface area contributed by atoms with Gasteiger partial charge in [-0.15, -0.1) is 11.8 Å². The number of aliphatic hydroxyl groups is 2. The first-order valence-corrected chi connectivity index (χ1v) is 7.15. The number of aliphatic hydroxyl groups excluding tert-OH is 2. The molecule has 1 unspecified atom stereocenters. The normalized spacial score (nSPS) is 41.3. The standard InChI is InChI=1S/C9H14F2N2O2S2/c1-2-12-9-13-3-4(14)5(15)6(7(10)11)16-8(3)17-9/h3-8,14-15H,2H2,1H3,(H,12,13)/t3-,4-,5+,6?,8-/m1/s1. The van der Waals surface area contributed by atoms with Crippen LogP contribution in [0.2, 0.25) is 0 Å². The number of thioether (sulfide) groups is 2. The number of halogens is 2. The molecule has 2 aliphatic heterocycles. The number of fused-ring (bicyclic) bond motifs is 1. The summed E-state index contributed by atoms with van der Waals surface area (Å²) >= 11 is 2.34. The average molecular weight is 284 g/mol. The van der Waals surface area contributed by atoms with Crippen molar-refractivity contribution in [3.8, 4) is 0 Å². The van der Waals surface area contributed by atoms with E-state index in [4.69, 9.17) is 0 Å². The summed E-state index contributed by atoms with van der Waals surface area (Å²) in [6.45, 7) is 2.60. The Hall–Kier alpha value is -0.0500. The Kier molecular flexibility index (Phi) is 4.17. The molecule has 98 valence electrons. The van der Waals surface area contributed by atoms with Gasteiger partial charge in [-0.2, -0.15) is 0 Å². The first kappa shape index (κ1) is 13.4. The van der Waals surface area contributed by atoms with Gasteiger partial charge in [0.15, 0.2) is 5.17 Å². The summed E-state index contributed by atoms with van der Waals surface area (Å²) in [6.07, 6.45) is -5.29. The molecule has 4 nitrogen and oxygen atoms in total. The molecule has 0 radical (unpaired) electrons. The van der Waals surface area contributed by atoms with Crippen molar-refractivity contribution in [2.75, 3.05) is 6.54 Å². The summed E-state index contributed by atoms with van der Waals surface area (Å²) in [6, 6.07) is -0.510. The van der Waals surface area contributed by atoms with Crippen LogP contribution in [0.25, 0.3) is 0 Å². The summed E-state index contributed by atoms with van der Waals surface area (Å²) in [5.41, 5.74) is 0. The predicted octanol–water partition coefficient (Wildman–Crippen LogP) is 0.496. The molecule has 0 aromatic heterocycles. The number of rotatable bonds is 2. The molecule has 1 fully saturated rings. The predicted molar refractivity (Wildman–Crippen MR) is 65.7 cm³/mol. The van der Waals surface area contributed by atoms with Crippen LogP contribution in [0.15, 0.2) is 4.99 Å². The molecule has 0 bridgehead atoms. The van der Waals surface area contributed by atoms with Gasteiger partial charge in [-0.05, 0) is 6.92 Å². The Bertz CT molecular complexity index is 319. The SMILES string of the molecule is CCNC1=N[C@H]2[C@@H](S1)SC(C(F)F)[C@@H](O)[C@@H]2O. The first-order chi connectivity index (χ1) is 8.04. The fourth-order valence-corrected chi connectivity index (χ4v) is 4.84. The molecular weight excluding hydrogens is 270 g/mol. The third-order valence-corrected chi connectivity index (χ3v) is 5.63. The number of aliphatic imine (C=N–C) groups is 1. The Labute approximate surface area is 106 Å². The smallest absolute Gasteiger partial charge is 0.252 e. The topological polar surface area (TPSA) is 64.9 Å². The van der Waals surface area contributed by atoms with Crippen molar-refractivity contribution in [3.05, 3.63) is 0 Å². The molecule has 0 saturated carbocycles. The number of hydrogen-bond donors (Lipinski definition) is 3. The zero-order valence-corrected chi connectivity index (χ0v) is 10.7. The van der Waals surface area contributed by atoms with Crippen LogP contribution < -0.4 is 5.32 Å². The van der Waals surface area contributed by atoms with Crippen LogP contribution in [0.4, 0.5) is 8.78 Å². The monoisotopic (exact) mass is 284 g/mol. The van der Waals surface area contributed by atoms with Crippen molar-refractivity contribution in [3.63, 3.8) is 0 Å². The van der Waals surface area contributed by atoms with Crippen molar-refractivity contribution in [2.24, 2.45) is 4.99 Å². The maximum atomic E-state index is 12.7. The molecule has 2 aliphatic rings. The van der Waals surface area contributed by atoms with Crippen LogP contribution in [0.5, 0.6) is 0 Å². The van der Waals surface area contributed by atoms with Gasteiger partial charge in [0.25, 0.3) is 6.43 Å². The van der Waals surface area contributed by atoms with Crippen LogP contribution in [-0.2, 0) is 0 Å². The van der Waals surface area contributed by atoms with Crippen LogP contribution in [-0.4, -0.2) is 56.4 Å². The highest BCUT2D eigenvalue weighted by atomic mass is 32.2. The van der Waals surface area contributed by atoms with Gasteiger partial charge in [0, 0.05) is 6.54 Å². The lowest BCUT2D eigenvalue weighted by atomic mass is 10.0. The summed E-state index contributed by atoms with van der Waals surface area (Å²) < 4.78 is 25.1. The summed E-state index contributed by atoms with van der Waals surface area (Å²) in [5, 5.41) is 21.8. The van der Waals surface area contributed by atoms with E-state index in [1.807, 2.05) is 6.92 Å². The summed E-state index contributed by atoms with van der Waals surface area (Å²) in [7, 11) is 0. The minimum absolute atomic E-state index is 0.249. The molecule has 1 saturated heterocycles. The highest BCUT2D eigenvalue weighted by molar-refractivity contribution is 8.25. The largest absolute Gasteiger partial charge is 0.389 e. The van der Waals surface area contributed by atoms with Crippen molar-refractivity contribution >= 4 is 28.7 Å². The van der Waals surface area contributed by atoms with E-state index in [-0.39, 0.29) is 4.58 Å². The second-order valence-electron chi connectivity index (χ2n) is 3.86. The lowest BCUT2D eigenvalue weighted by Gasteiger charge is -2.37. The minimum Gasteiger partial charge on any atom is -0.389 e. The Morgan fingerprint density at radius 1 is 1.41 bits per heavy atom. The van der Waals surface area contributed by atoms with Crippen LogP contribution in [0.3, 0.4) is 0 Å². The molecule has 17 heavy (non-hydrogen) atoms. The maximum Gasteiger partial charge on any atom is 0.252 e. The third kappa shape index (κ3) is 2.54. The number of amidine groups is 1. The fourth-order valence-electron chi connectivity index (χ4n) is 1.83. The zero-order valence-electron chi connectivity index (χ0n) is 9.09. The van der Waals surface area contributed by atoms with Gasteiger partial charge >= 0.3 is 0 Å². The molecule has 5 atom stereocenters. The molecular formula is C9H14F2N2O2S2. The third-order valence-electron chi connectivity index (χ3n) is 2.68. The van der Waals surface area contributed by atoms with E-state index in [9.17, 15) is 19.0 Å². The van der Waals surface area contributed by atoms with Crippen LogP contribution in [0.1, 0.15) is 6.92 Å². The van der Waals surface area contributed by atoms with E-state index in [0.29, 0.717) is 11.7 Å². The number of nitrogens with one attached hydrogen (secondary N) is 1. The minimum atomic E-state index is -2.64. The second-order valence-corrected chi connectivity index (χ2v) is 6.61. The van der Waals surface area contributed by atoms with Gasteiger partial charge in [0.2, 0.25) is 0 Å². The molecule has 2 rings (SSSR count). The molecule has 0 amide bonds. The Morgan fingerprint density at radius 3 is 2.71 bits per heavy atom. The Balaban J connectivity index is 2.10. The van der Waals surface area contributed by atoms with Gasteiger partial charge in [-0.25, -0.2) is 8.78 Å². The van der Waals surface area contributed by atoms with E-state index >= 15 is 0 Å². The second kappa shape index (κ2) is 5.29. The van der Waals surface area contributed by atoms with Gasteiger partial charge < -0.3 is 15.5 Å². The molecule has 0 aromatic rings. The van der Waals surface area contributed by atoms with E-state index in [1.165, 1.54) is 11.8 Å². The highest BCUT2D eigenvalue weighted by Gasteiger charge is 2.50. The lowest BCUT2D eigenvalue weighted by Crippen LogP contribution is -2.52. The number of hydrogen-bond acceptors (Lipinski definition) is 6. The maximum absolute atomic E-state index is 12.7. The molecule has 0 aromatic carbocycles. The van der Waals surface area contributed by atoms with Crippen molar-refractivity contribution in [2.45, 2.75) is 41.4 Å². The highest BCUT2D eigenvalue weighted by Crippen LogP contribution is 2.45. The summed E-state index contributed by atoms with van der Waals surface area (Å²) in [4.78, 5) is 4.22. The van der Waals surface area contributed by atoms with Gasteiger partial charge in [0.05, 0.1) is 15.9 Å². The van der Waals surface area contributed by atoms with Gasteiger partial charge in [-0.1, -0.05) is 11.8 Å². The number of alkyl halides is 2. The average Bonchev–Trinajstić information content (AvgIpc) is 2.66. The van der Waals surface area contributed by atoms with E-state index in [0.717, 1.165) is 11.8 Å². The van der Waals surface area contributed by atoms with Crippen LogP contribution >= 0.6 is 23.5 Å². The number of nitrogens with zero attached hydrogens (tertiary/aromatic N) is 1. The van der Waals surface area contributed by atoms with Crippen molar-refractivity contribution in [1.29, 1.82) is 0 Å². The fraction of sp³-hybridized carbons (Fsp3) is 0.889. The van der Waals surface area contributed by atoms with Gasteiger partial charge in [0.1, 0.15) is 12.1 Å². The lowest BCUT2D eigenvalue weighted by molar-refractivity contribution is -0.0271.